The molecular weight excluding hydrogens is 245 g/mol. The SMILES string of the molecule is CCC(NCC1(SC)CCC1)c1cccc(F)c1. The van der Waals surface area contributed by atoms with Crippen LogP contribution in [0.1, 0.15) is 44.2 Å². The van der Waals surface area contributed by atoms with Crippen molar-refractivity contribution in [1.82, 2.24) is 5.32 Å². The summed E-state index contributed by atoms with van der Waals surface area (Å²) in [5.41, 5.74) is 1.06. The Labute approximate surface area is 114 Å². The van der Waals surface area contributed by atoms with Gasteiger partial charge in [0, 0.05) is 17.3 Å². The van der Waals surface area contributed by atoms with Crippen LogP contribution in [0.2, 0.25) is 0 Å². The van der Waals surface area contributed by atoms with Crippen LogP contribution < -0.4 is 5.32 Å². The zero-order valence-corrected chi connectivity index (χ0v) is 12.0. The fraction of sp³-hybridized carbons (Fsp3) is 0.600. The van der Waals surface area contributed by atoms with E-state index in [1.807, 2.05) is 17.8 Å². The molecule has 1 fully saturated rings. The summed E-state index contributed by atoms with van der Waals surface area (Å²) in [5.74, 6) is -0.143. The molecule has 0 aromatic heterocycles. The first kappa shape index (κ1) is 13.9. The van der Waals surface area contributed by atoms with Crippen LogP contribution in [0, 0.1) is 5.82 Å². The van der Waals surface area contributed by atoms with Gasteiger partial charge in [-0.3, -0.25) is 0 Å². The Bertz CT molecular complexity index is 384. The predicted molar refractivity (Wildman–Crippen MR) is 77.5 cm³/mol. The third kappa shape index (κ3) is 3.07. The lowest BCUT2D eigenvalue weighted by Crippen LogP contribution is -2.44. The Morgan fingerprint density at radius 3 is 2.72 bits per heavy atom. The molecule has 0 aliphatic heterocycles. The van der Waals surface area contributed by atoms with Gasteiger partial charge in [-0.25, -0.2) is 4.39 Å². The van der Waals surface area contributed by atoms with Crippen LogP contribution in [0.25, 0.3) is 0 Å². The van der Waals surface area contributed by atoms with E-state index in [1.54, 1.807) is 12.1 Å². The molecule has 0 amide bonds. The molecule has 2 rings (SSSR count). The second-order valence-electron chi connectivity index (χ2n) is 5.14. The van der Waals surface area contributed by atoms with Crippen molar-refractivity contribution in [1.29, 1.82) is 0 Å². The van der Waals surface area contributed by atoms with Crippen LogP contribution in [0.15, 0.2) is 24.3 Å². The molecule has 1 atom stereocenters. The maximum atomic E-state index is 13.2. The van der Waals surface area contributed by atoms with Crippen LogP contribution >= 0.6 is 11.8 Å². The standard InChI is InChI=1S/C15H22FNS/c1-3-14(12-6-4-7-13(16)10-12)17-11-15(18-2)8-5-9-15/h4,6-7,10,14,17H,3,5,8-9,11H2,1-2H3. The first-order chi connectivity index (χ1) is 8.69. The molecule has 1 unspecified atom stereocenters. The quantitative estimate of drug-likeness (QED) is 0.831. The topological polar surface area (TPSA) is 12.0 Å². The maximum Gasteiger partial charge on any atom is 0.123 e. The molecule has 100 valence electrons. The minimum Gasteiger partial charge on any atom is -0.309 e. The molecule has 18 heavy (non-hydrogen) atoms. The number of thioether (sulfide) groups is 1. The zero-order valence-electron chi connectivity index (χ0n) is 11.2. The van der Waals surface area contributed by atoms with Gasteiger partial charge in [0.15, 0.2) is 0 Å². The van der Waals surface area contributed by atoms with Crippen LogP contribution in [-0.2, 0) is 0 Å². The highest BCUT2D eigenvalue weighted by Gasteiger charge is 2.36. The van der Waals surface area contributed by atoms with E-state index in [0.717, 1.165) is 18.5 Å². The molecule has 0 spiro atoms. The predicted octanol–water partition coefficient (Wildman–Crippen LogP) is 4.15. The number of nitrogens with one attached hydrogen (secondary N) is 1. The van der Waals surface area contributed by atoms with Crippen LogP contribution in [-0.4, -0.2) is 17.5 Å². The molecule has 1 aromatic carbocycles. The van der Waals surface area contributed by atoms with Gasteiger partial charge >= 0.3 is 0 Å². The number of hydrogen-bond donors (Lipinski definition) is 1. The Balaban J connectivity index is 1.97. The fourth-order valence-electron chi connectivity index (χ4n) is 2.55. The van der Waals surface area contributed by atoms with Crippen molar-refractivity contribution in [2.75, 3.05) is 12.8 Å². The van der Waals surface area contributed by atoms with Crippen molar-refractivity contribution in [2.45, 2.75) is 43.4 Å². The zero-order chi connectivity index (χ0) is 13.0. The number of rotatable bonds is 6. The van der Waals surface area contributed by atoms with Crippen molar-refractivity contribution in [3.8, 4) is 0 Å². The van der Waals surface area contributed by atoms with Crippen LogP contribution in [0.5, 0.6) is 0 Å². The average Bonchev–Trinajstić information content (AvgIpc) is 2.33. The molecule has 1 aliphatic carbocycles. The first-order valence-electron chi connectivity index (χ1n) is 6.73. The number of benzene rings is 1. The minimum absolute atomic E-state index is 0.143. The van der Waals surface area contributed by atoms with E-state index in [4.69, 9.17) is 0 Å². The molecule has 1 saturated carbocycles. The highest BCUT2D eigenvalue weighted by Crippen LogP contribution is 2.42. The summed E-state index contributed by atoms with van der Waals surface area (Å²) in [4.78, 5) is 0. The summed E-state index contributed by atoms with van der Waals surface area (Å²) in [6.45, 7) is 3.18. The number of halogens is 1. The molecule has 0 radical (unpaired) electrons. The van der Waals surface area contributed by atoms with Gasteiger partial charge in [0.25, 0.3) is 0 Å². The van der Waals surface area contributed by atoms with E-state index >= 15 is 0 Å². The van der Waals surface area contributed by atoms with Crippen molar-refractivity contribution in [3.05, 3.63) is 35.6 Å². The van der Waals surface area contributed by atoms with Crippen molar-refractivity contribution in [3.63, 3.8) is 0 Å². The molecule has 1 aliphatic rings. The average molecular weight is 267 g/mol. The molecule has 3 heteroatoms. The van der Waals surface area contributed by atoms with E-state index in [1.165, 1.54) is 25.3 Å². The summed E-state index contributed by atoms with van der Waals surface area (Å²) < 4.78 is 13.7. The van der Waals surface area contributed by atoms with E-state index in [0.29, 0.717) is 4.75 Å². The molecule has 0 heterocycles. The lowest BCUT2D eigenvalue weighted by atomic mass is 9.84. The summed E-state index contributed by atoms with van der Waals surface area (Å²) in [5, 5.41) is 3.62. The van der Waals surface area contributed by atoms with E-state index in [9.17, 15) is 4.39 Å². The number of hydrogen-bond acceptors (Lipinski definition) is 2. The molecular formula is C15H22FNS. The lowest BCUT2D eigenvalue weighted by Gasteiger charge is -2.41. The highest BCUT2D eigenvalue weighted by atomic mass is 32.2. The smallest absolute Gasteiger partial charge is 0.123 e. The van der Waals surface area contributed by atoms with Gasteiger partial charge < -0.3 is 5.32 Å². The molecule has 1 aromatic rings. The Morgan fingerprint density at radius 2 is 2.22 bits per heavy atom. The fourth-order valence-corrected chi connectivity index (χ4v) is 3.48. The molecule has 1 N–H and O–H groups in total. The van der Waals surface area contributed by atoms with E-state index in [2.05, 4.69) is 18.5 Å². The van der Waals surface area contributed by atoms with E-state index < -0.39 is 0 Å². The molecule has 1 nitrogen and oxygen atoms in total. The van der Waals surface area contributed by atoms with Crippen molar-refractivity contribution in [2.24, 2.45) is 0 Å². The van der Waals surface area contributed by atoms with Gasteiger partial charge in [0.1, 0.15) is 5.82 Å². The Morgan fingerprint density at radius 1 is 1.44 bits per heavy atom. The van der Waals surface area contributed by atoms with Crippen molar-refractivity contribution >= 4 is 11.8 Å². The Hall–Kier alpha value is -0.540. The summed E-state index contributed by atoms with van der Waals surface area (Å²) in [6.07, 6.45) is 7.15. The summed E-state index contributed by atoms with van der Waals surface area (Å²) in [7, 11) is 0. The lowest BCUT2D eigenvalue weighted by molar-refractivity contribution is 0.328. The third-order valence-corrected chi connectivity index (χ3v) is 5.45. The normalized spacial score (nSPS) is 19.3. The van der Waals surface area contributed by atoms with Gasteiger partial charge in [-0.2, -0.15) is 11.8 Å². The van der Waals surface area contributed by atoms with E-state index in [-0.39, 0.29) is 11.9 Å². The van der Waals surface area contributed by atoms with Crippen LogP contribution in [0.4, 0.5) is 4.39 Å². The minimum atomic E-state index is -0.143. The monoisotopic (exact) mass is 267 g/mol. The van der Waals surface area contributed by atoms with Gasteiger partial charge in [-0.05, 0) is 43.2 Å². The second-order valence-corrected chi connectivity index (χ2v) is 6.41. The summed E-state index contributed by atoms with van der Waals surface area (Å²) >= 11 is 1.97. The van der Waals surface area contributed by atoms with Crippen LogP contribution in [0.3, 0.4) is 0 Å². The van der Waals surface area contributed by atoms with Gasteiger partial charge in [0.2, 0.25) is 0 Å². The third-order valence-electron chi connectivity index (χ3n) is 4.03. The largest absolute Gasteiger partial charge is 0.309 e. The van der Waals surface area contributed by atoms with Gasteiger partial charge in [0.05, 0.1) is 0 Å². The first-order valence-corrected chi connectivity index (χ1v) is 7.95. The summed E-state index contributed by atoms with van der Waals surface area (Å²) in [6, 6.07) is 7.23. The molecule has 0 saturated heterocycles. The maximum absolute atomic E-state index is 13.2. The Kier molecular flexibility index (Phi) is 4.68. The van der Waals surface area contributed by atoms with Crippen molar-refractivity contribution < 1.29 is 4.39 Å². The highest BCUT2D eigenvalue weighted by molar-refractivity contribution is 8.00. The van der Waals surface area contributed by atoms with Gasteiger partial charge in [-0.15, -0.1) is 0 Å². The van der Waals surface area contributed by atoms with Gasteiger partial charge in [-0.1, -0.05) is 25.5 Å². The molecule has 0 bridgehead atoms. The second kappa shape index (κ2) is 6.07.